The number of aldehydes is 1. The first-order valence-corrected chi connectivity index (χ1v) is 9.11. The summed E-state index contributed by atoms with van der Waals surface area (Å²) in [6.07, 6.45) is 0.692. The zero-order valence-corrected chi connectivity index (χ0v) is 16.0. The van der Waals surface area contributed by atoms with Gasteiger partial charge in [-0.1, -0.05) is 60.7 Å². The summed E-state index contributed by atoms with van der Waals surface area (Å²) in [6.45, 7) is 0.591. The topological polar surface area (TPSA) is 55.8 Å². The molecule has 132 valence electrons. The van der Waals surface area contributed by atoms with Crippen LogP contribution < -0.4 is 9.47 Å². The van der Waals surface area contributed by atoms with Crippen LogP contribution in [0, 0.1) is 3.57 Å². The van der Waals surface area contributed by atoms with Crippen LogP contribution in [-0.2, 0) is 13.2 Å². The summed E-state index contributed by atoms with van der Waals surface area (Å²) in [6, 6.07) is 20.9. The Balaban J connectivity index is 1.87. The molecule has 1 N–H and O–H groups in total. The molecule has 0 amide bonds. The first-order chi connectivity index (χ1) is 12.7. The van der Waals surface area contributed by atoms with E-state index in [-0.39, 0.29) is 18.1 Å². The Kier molecular flexibility index (Phi) is 6.12. The monoisotopic (exact) mass is 460 g/mol. The lowest BCUT2D eigenvalue weighted by molar-refractivity contribution is 0.112. The molecular formula is C21H17IO4. The van der Waals surface area contributed by atoms with E-state index in [1.165, 1.54) is 0 Å². The van der Waals surface area contributed by atoms with Gasteiger partial charge in [0.2, 0.25) is 5.75 Å². The van der Waals surface area contributed by atoms with Gasteiger partial charge in [0.15, 0.2) is 17.8 Å². The number of carbonyl (C=O) groups is 1. The van der Waals surface area contributed by atoms with Gasteiger partial charge in [0.05, 0.1) is 3.57 Å². The zero-order valence-electron chi connectivity index (χ0n) is 13.9. The number of phenols is 1. The molecule has 4 nitrogen and oxygen atoms in total. The van der Waals surface area contributed by atoms with E-state index in [0.717, 1.165) is 11.1 Å². The highest BCUT2D eigenvalue weighted by Gasteiger charge is 2.19. The normalized spacial score (nSPS) is 10.3. The Morgan fingerprint density at radius 1 is 0.885 bits per heavy atom. The standard InChI is InChI=1S/C21H17IO4/c22-19-17(12-23)11-18(25-13-15-7-3-1-4-8-15)21(20(19)24)26-14-16-9-5-2-6-10-16/h1-12,24H,13-14H2. The summed E-state index contributed by atoms with van der Waals surface area (Å²) in [4.78, 5) is 11.3. The number of rotatable bonds is 7. The molecule has 0 aliphatic carbocycles. The van der Waals surface area contributed by atoms with Crippen LogP contribution in [0.2, 0.25) is 0 Å². The minimum absolute atomic E-state index is 0.0887. The fourth-order valence-electron chi connectivity index (χ4n) is 2.42. The SMILES string of the molecule is O=Cc1cc(OCc2ccccc2)c(OCc2ccccc2)c(O)c1I. The Morgan fingerprint density at radius 2 is 1.42 bits per heavy atom. The quantitative estimate of drug-likeness (QED) is 0.400. The summed E-state index contributed by atoms with van der Waals surface area (Å²) >= 11 is 1.92. The molecule has 3 rings (SSSR count). The van der Waals surface area contributed by atoms with E-state index in [2.05, 4.69) is 0 Å². The average Bonchev–Trinajstić information content (AvgIpc) is 2.69. The molecule has 0 aromatic heterocycles. The van der Waals surface area contributed by atoms with Crippen molar-refractivity contribution in [1.82, 2.24) is 0 Å². The number of benzene rings is 3. The second-order valence-electron chi connectivity index (χ2n) is 5.62. The van der Waals surface area contributed by atoms with Crippen LogP contribution in [0.25, 0.3) is 0 Å². The molecule has 0 aliphatic rings. The first-order valence-electron chi connectivity index (χ1n) is 8.03. The van der Waals surface area contributed by atoms with Crippen molar-refractivity contribution >= 4 is 28.9 Å². The van der Waals surface area contributed by atoms with Gasteiger partial charge in [0, 0.05) is 5.56 Å². The van der Waals surface area contributed by atoms with Crippen LogP contribution in [0.15, 0.2) is 66.7 Å². The molecule has 0 unspecified atom stereocenters. The van der Waals surface area contributed by atoms with Crippen LogP contribution in [0.1, 0.15) is 21.5 Å². The van der Waals surface area contributed by atoms with Crippen LogP contribution in [0.4, 0.5) is 0 Å². The van der Waals surface area contributed by atoms with Crippen molar-refractivity contribution in [2.45, 2.75) is 13.2 Å². The van der Waals surface area contributed by atoms with Crippen molar-refractivity contribution in [2.24, 2.45) is 0 Å². The molecule has 26 heavy (non-hydrogen) atoms. The highest BCUT2D eigenvalue weighted by Crippen LogP contribution is 2.42. The maximum Gasteiger partial charge on any atom is 0.204 e. The lowest BCUT2D eigenvalue weighted by Gasteiger charge is -2.16. The van der Waals surface area contributed by atoms with Crippen LogP contribution in [0.3, 0.4) is 0 Å². The third kappa shape index (κ3) is 4.35. The van der Waals surface area contributed by atoms with Crippen molar-refractivity contribution in [3.63, 3.8) is 0 Å². The van der Waals surface area contributed by atoms with Gasteiger partial charge in [-0.15, -0.1) is 0 Å². The zero-order chi connectivity index (χ0) is 18.4. The number of hydrogen-bond donors (Lipinski definition) is 1. The molecule has 0 atom stereocenters. The minimum Gasteiger partial charge on any atom is -0.503 e. The molecule has 3 aromatic rings. The molecular weight excluding hydrogens is 443 g/mol. The number of hydrogen-bond acceptors (Lipinski definition) is 4. The summed E-state index contributed by atoms with van der Waals surface area (Å²) < 4.78 is 12.1. The molecule has 0 bridgehead atoms. The Labute approximate surface area is 165 Å². The van der Waals surface area contributed by atoms with Crippen LogP contribution in [0.5, 0.6) is 17.2 Å². The van der Waals surface area contributed by atoms with Crippen molar-refractivity contribution in [1.29, 1.82) is 0 Å². The maximum atomic E-state index is 11.3. The minimum atomic E-state index is -0.0887. The number of ether oxygens (including phenoxy) is 2. The number of aromatic hydroxyl groups is 1. The van der Waals surface area contributed by atoms with Crippen LogP contribution >= 0.6 is 22.6 Å². The van der Waals surface area contributed by atoms with Crippen molar-refractivity contribution in [3.05, 3.63) is 87.0 Å². The largest absolute Gasteiger partial charge is 0.503 e. The van der Waals surface area contributed by atoms with Crippen LogP contribution in [-0.4, -0.2) is 11.4 Å². The molecule has 0 saturated heterocycles. The molecule has 0 heterocycles. The van der Waals surface area contributed by atoms with Crippen molar-refractivity contribution < 1.29 is 19.4 Å². The molecule has 5 heteroatoms. The van der Waals surface area contributed by atoms with Gasteiger partial charge in [0.25, 0.3) is 0 Å². The van der Waals surface area contributed by atoms with Crippen molar-refractivity contribution in [2.75, 3.05) is 0 Å². The van der Waals surface area contributed by atoms with Gasteiger partial charge in [-0.3, -0.25) is 4.79 Å². The Bertz CT molecular complexity index is 880. The summed E-state index contributed by atoms with van der Waals surface area (Å²) in [5.41, 5.74) is 2.31. The van der Waals surface area contributed by atoms with E-state index in [1.807, 2.05) is 83.3 Å². The fraction of sp³-hybridized carbons (Fsp3) is 0.0952. The Morgan fingerprint density at radius 3 is 1.96 bits per heavy atom. The van der Waals surface area contributed by atoms with Gasteiger partial charge in [0.1, 0.15) is 13.2 Å². The second kappa shape index (κ2) is 8.71. The van der Waals surface area contributed by atoms with E-state index in [9.17, 15) is 9.90 Å². The molecule has 0 radical (unpaired) electrons. The number of carbonyl (C=O) groups excluding carboxylic acids is 1. The van der Waals surface area contributed by atoms with Gasteiger partial charge < -0.3 is 14.6 Å². The predicted molar refractivity (Wildman–Crippen MR) is 108 cm³/mol. The van der Waals surface area contributed by atoms with Gasteiger partial charge in [-0.05, 0) is 39.8 Å². The van der Waals surface area contributed by atoms with Crippen molar-refractivity contribution in [3.8, 4) is 17.2 Å². The van der Waals surface area contributed by atoms with E-state index < -0.39 is 0 Å². The molecule has 3 aromatic carbocycles. The third-order valence-electron chi connectivity index (χ3n) is 3.78. The lowest BCUT2D eigenvalue weighted by Crippen LogP contribution is -2.03. The summed E-state index contributed by atoms with van der Waals surface area (Å²) in [7, 11) is 0. The fourth-order valence-corrected chi connectivity index (χ4v) is 2.95. The molecule has 0 spiro atoms. The highest BCUT2D eigenvalue weighted by atomic mass is 127. The molecule has 0 fully saturated rings. The van der Waals surface area contributed by atoms with E-state index in [0.29, 0.717) is 27.8 Å². The van der Waals surface area contributed by atoms with Gasteiger partial charge >= 0.3 is 0 Å². The molecule has 0 saturated carbocycles. The van der Waals surface area contributed by atoms with E-state index in [4.69, 9.17) is 9.47 Å². The van der Waals surface area contributed by atoms with E-state index in [1.54, 1.807) is 6.07 Å². The maximum absolute atomic E-state index is 11.3. The summed E-state index contributed by atoms with van der Waals surface area (Å²) in [5, 5.41) is 10.5. The number of phenolic OH excluding ortho intramolecular Hbond substituents is 1. The predicted octanol–water partition coefficient (Wildman–Crippen LogP) is 4.97. The van der Waals surface area contributed by atoms with Gasteiger partial charge in [-0.25, -0.2) is 0 Å². The first kappa shape index (κ1) is 18.3. The average molecular weight is 460 g/mol. The smallest absolute Gasteiger partial charge is 0.204 e. The molecule has 0 aliphatic heterocycles. The third-order valence-corrected chi connectivity index (χ3v) is 4.91. The second-order valence-corrected chi connectivity index (χ2v) is 6.70. The highest BCUT2D eigenvalue weighted by molar-refractivity contribution is 14.1. The lowest BCUT2D eigenvalue weighted by atomic mass is 10.2. The summed E-state index contributed by atoms with van der Waals surface area (Å²) in [5.74, 6) is 0.485. The number of halogens is 1. The van der Waals surface area contributed by atoms with Gasteiger partial charge in [-0.2, -0.15) is 0 Å². The Hall–Kier alpha value is -2.54. The van der Waals surface area contributed by atoms with E-state index >= 15 is 0 Å².